The lowest BCUT2D eigenvalue weighted by atomic mass is 10.4. The first-order valence-electron chi connectivity index (χ1n) is 5.99. The lowest BCUT2D eigenvalue weighted by Crippen LogP contribution is -2.26. The maximum Gasteiger partial charge on any atom is 0.229 e. The smallest absolute Gasteiger partial charge is 0.229 e. The Hall–Kier alpha value is -2.16. The number of rotatable bonds is 2. The molecule has 1 aliphatic rings. The second kappa shape index (κ2) is 4.75. The average molecular weight is 292 g/mol. The summed E-state index contributed by atoms with van der Waals surface area (Å²) in [6.07, 6.45) is 1.79. The number of H-pyrrole nitrogens is 1. The summed E-state index contributed by atoms with van der Waals surface area (Å²) >= 11 is 1.17. The van der Waals surface area contributed by atoms with Gasteiger partial charge in [-0.1, -0.05) is 11.8 Å². The number of nitrogen functional groups attached to an aromatic ring is 1. The van der Waals surface area contributed by atoms with E-state index < -0.39 is 0 Å². The molecule has 1 saturated heterocycles. The fourth-order valence-corrected chi connectivity index (χ4v) is 3.14. The van der Waals surface area contributed by atoms with Gasteiger partial charge in [0.2, 0.25) is 11.9 Å². The Kier molecular flexibility index (Phi) is 3.05. The van der Waals surface area contributed by atoms with E-state index in [4.69, 9.17) is 5.73 Å². The second-order valence-corrected chi connectivity index (χ2v) is 5.92. The summed E-state index contributed by atoms with van der Waals surface area (Å²) in [7, 11) is 0. The van der Waals surface area contributed by atoms with E-state index in [0.717, 1.165) is 0 Å². The maximum atomic E-state index is 12.1. The summed E-state index contributed by atoms with van der Waals surface area (Å²) in [6.45, 7) is 1.92. The molecule has 3 heterocycles. The van der Waals surface area contributed by atoms with Crippen LogP contribution in [0.15, 0.2) is 6.33 Å². The molecule has 0 radical (unpaired) electrons. The fraction of sp³-hybridized carbons (Fsp3) is 0.364. The van der Waals surface area contributed by atoms with Crippen LogP contribution in [0.1, 0.15) is 13.3 Å². The molecule has 1 atom stereocenters. The fourth-order valence-electron chi connectivity index (χ4n) is 2.22. The number of aromatic amines is 1. The molecule has 2 aromatic rings. The topological polar surface area (TPSA) is 118 Å². The van der Waals surface area contributed by atoms with Gasteiger partial charge in [0.05, 0.1) is 6.33 Å². The number of anilines is 2. The van der Waals surface area contributed by atoms with E-state index in [2.05, 4.69) is 19.9 Å². The highest BCUT2D eigenvalue weighted by molar-refractivity contribution is 8.14. The normalized spacial score (nSPS) is 18.9. The number of amides is 1. The summed E-state index contributed by atoms with van der Waals surface area (Å²) in [6, 6.07) is 0. The predicted octanol–water partition coefficient (Wildman–Crippen LogP) is 0.320. The molecule has 2 aromatic heterocycles. The summed E-state index contributed by atoms with van der Waals surface area (Å²) in [5.74, 6) is 0.398. The van der Waals surface area contributed by atoms with E-state index in [0.29, 0.717) is 29.9 Å². The van der Waals surface area contributed by atoms with Gasteiger partial charge in [-0.2, -0.15) is 9.97 Å². The number of imidazole rings is 1. The van der Waals surface area contributed by atoms with Gasteiger partial charge >= 0.3 is 0 Å². The Labute approximate surface area is 118 Å². The molecule has 3 rings (SSSR count). The minimum absolute atomic E-state index is 0.00135. The van der Waals surface area contributed by atoms with Crippen LogP contribution in [0.3, 0.4) is 0 Å². The van der Waals surface area contributed by atoms with Gasteiger partial charge in [-0.15, -0.1) is 0 Å². The van der Waals surface area contributed by atoms with Crippen LogP contribution in [0.4, 0.5) is 11.8 Å². The van der Waals surface area contributed by atoms with Gasteiger partial charge in [0.15, 0.2) is 16.6 Å². The second-order valence-electron chi connectivity index (χ2n) is 4.45. The van der Waals surface area contributed by atoms with Crippen LogP contribution >= 0.6 is 11.8 Å². The molecule has 3 N–H and O–H groups in total. The van der Waals surface area contributed by atoms with Gasteiger partial charge in [-0.25, -0.2) is 4.98 Å². The molecule has 20 heavy (non-hydrogen) atoms. The van der Waals surface area contributed by atoms with Gasteiger partial charge in [-0.05, 0) is 0 Å². The third kappa shape index (κ3) is 2.20. The summed E-state index contributed by atoms with van der Waals surface area (Å²) in [4.78, 5) is 39.8. The molecule has 0 spiro atoms. The van der Waals surface area contributed by atoms with Crippen LogP contribution < -0.4 is 10.6 Å². The predicted molar refractivity (Wildman–Crippen MR) is 75.1 cm³/mol. The van der Waals surface area contributed by atoms with Crippen molar-refractivity contribution in [3.05, 3.63) is 6.33 Å². The van der Waals surface area contributed by atoms with Crippen LogP contribution in [0.5, 0.6) is 0 Å². The molecule has 1 fully saturated rings. The van der Waals surface area contributed by atoms with Crippen LogP contribution in [-0.4, -0.2) is 42.8 Å². The minimum atomic E-state index is -0.0854. The van der Waals surface area contributed by atoms with E-state index in [1.54, 1.807) is 0 Å². The zero-order valence-corrected chi connectivity index (χ0v) is 11.5. The van der Waals surface area contributed by atoms with Crippen molar-refractivity contribution in [3.63, 3.8) is 0 Å². The number of carbonyl (C=O) groups is 2. The Balaban J connectivity index is 1.97. The molecule has 1 unspecified atom stereocenters. The van der Waals surface area contributed by atoms with Gasteiger partial charge in [0.25, 0.3) is 0 Å². The first-order chi connectivity index (χ1) is 9.54. The van der Waals surface area contributed by atoms with E-state index >= 15 is 0 Å². The van der Waals surface area contributed by atoms with Crippen molar-refractivity contribution in [2.45, 2.75) is 18.6 Å². The van der Waals surface area contributed by atoms with Crippen LogP contribution in [-0.2, 0) is 9.59 Å². The highest BCUT2D eigenvalue weighted by atomic mass is 32.2. The number of aromatic nitrogens is 4. The summed E-state index contributed by atoms with van der Waals surface area (Å²) < 4.78 is 0. The van der Waals surface area contributed by atoms with Gasteiger partial charge in [0.1, 0.15) is 5.52 Å². The SMILES string of the molecule is CC(=O)SC1CC(=O)N(c2nc(N)nc3nc[nH]c23)C1. The van der Waals surface area contributed by atoms with Crippen molar-refractivity contribution in [3.8, 4) is 0 Å². The highest BCUT2D eigenvalue weighted by Crippen LogP contribution is 2.30. The third-order valence-corrected chi connectivity index (χ3v) is 3.94. The number of nitrogens with two attached hydrogens (primary N) is 1. The Bertz CT molecular complexity index is 699. The molecule has 0 aromatic carbocycles. The van der Waals surface area contributed by atoms with Crippen molar-refractivity contribution in [1.82, 2.24) is 19.9 Å². The number of hydrogen-bond acceptors (Lipinski definition) is 7. The molecule has 0 saturated carbocycles. The van der Waals surface area contributed by atoms with Crippen molar-refractivity contribution >= 4 is 45.7 Å². The summed E-state index contributed by atoms with van der Waals surface area (Å²) in [5.41, 5.74) is 6.63. The molecular formula is C11H12N6O2S. The minimum Gasteiger partial charge on any atom is -0.368 e. The Morgan fingerprint density at radius 3 is 3.10 bits per heavy atom. The average Bonchev–Trinajstić information content (AvgIpc) is 2.94. The summed E-state index contributed by atoms with van der Waals surface area (Å²) in [5, 5.41) is -0.0623. The quantitative estimate of drug-likeness (QED) is 0.818. The molecule has 1 amide bonds. The Morgan fingerprint density at radius 2 is 2.35 bits per heavy atom. The van der Waals surface area contributed by atoms with E-state index in [1.165, 1.54) is 29.9 Å². The van der Waals surface area contributed by atoms with Crippen LogP contribution in [0, 0.1) is 0 Å². The van der Waals surface area contributed by atoms with E-state index in [1.807, 2.05) is 0 Å². The van der Waals surface area contributed by atoms with E-state index in [9.17, 15) is 9.59 Å². The monoisotopic (exact) mass is 292 g/mol. The first kappa shape index (κ1) is 12.9. The van der Waals surface area contributed by atoms with Crippen molar-refractivity contribution in [2.24, 2.45) is 0 Å². The van der Waals surface area contributed by atoms with Crippen molar-refractivity contribution in [2.75, 3.05) is 17.2 Å². The first-order valence-corrected chi connectivity index (χ1v) is 6.86. The Morgan fingerprint density at radius 1 is 1.55 bits per heavy atom. The third-order valence-electron chi connectivity index (χ3n) is 2.96. The van der Waals surface area contributed by atoms with Crippen LogP contribution in [0.2, 0.25) is 0 Å². The van der Waals surface area contributed by atoms with E-state index in [-0.39, 0.29) is 22.2 Å². The standard InChI is InChI=1S/C11H12N6O2S/c1-5(18)20-6-2-7(19)17(3-6)10-8-9(14-4-13-8)15-11(12)16-10/h4,6H,2-3H2,1H3,(H3,12,13,14,15,16). The number of nitrogens with zero attached hydrogens (tertiary/aromatic N) is 4. The maximum absolute atomic E-state index is 12.1. The van der Waals surface area contributed by atoms with Crippen molar-refractivity contribution < 1.29 is 9.59 Å². The lowest BCUT2D eigenvalue weighted by Gasteiger charge is -2.15. The molecule has 0 bridgehead atoms. The van der Waals surface area contributed by atoms with Gasteiger partial charge in [0, 0.05) is 25.1 Å². The zero-order valence-electron chi connectivity index (χ0n) is 10.7. The molecule has 8 nitrogen and oxygen atoms in total. The zero-order chi connectivity index (χ0) is 14.3. The number of fused-ring (bicyclic) bond motifs is 1. The van der Waals surface area contributed by atoms with Gasteiger partial charge < -0.3 is 10.7 Å². The van der Waals surface area contributed by atoms with Crippen molar-refractivity contribution in [1.29, 1.82) is 0 Å². The largest absolute Gasteiger partial charge is 0.368 e. The highest BCUT2D eigenvalue weighted by Gasteiger charge is 2.34. The number of thioether (sulfide) groups is 1. The van der Waals surface area contributed by atoms with Crippen LogP contribution in [0.25, 0.3) is 11.2 Å². The number of nitrogens with one attached hydrogen (secondary N) is 1. The number of carbonyl (C=O) groups excluding carboxylic acids is 2. The molecule has 104 valence electrons. The molecule has 0 aliphatic carbocycles. The molecule has 9 heteroatoms. The van der Waals surface area contributed by atoms with Gasteiger partial charge in [-0.3, -0.25) is 14.5 Å². The number of hydrogen-bond donors (Lipinski definition) is 2. The molecule has 1 aliphatic heterocycles. The lowest BCUT2D eigenvalue weighted by molar-refractivity contribution is -0.117. The molecular weight excluding hydrogens is 280 g/mol.